The van der Waals surface area contributed by atoms with Crippen molar-refractivity contribution in [1.29, 1.82) is 0 Å². The summed E-state index contributed by atoms with van der Waals surface area (Å²) in [5.74, 6) is 0.261. The number of carbonyl (C=O) groups is 1. The van der Waals surface area contributed by atoms with Gasteiger partial charge < -0.3 is 25.0 Å². The molecule has 0 aliphatic rings. The van der Waals surface area contributed by atoms with E-state index in [2.05, 4.69) is 5.32 Å². The summed E-state index contributed by atoms with van der Waals surface area (Å²) in [6.45, 7) is 1.79. The maximum atomic E-state index is 12.4. The number of aromatic hydroxyl groups is 2. The zero-order valence-electron chi connectivity index (χ0n) is 13.9. The number of rotatable bonds is 6. The molecule has 0 heterocycles. The Morgan fingerprint density at radius 2 is 1.83 bits per heavy atom. The molecule has 0 bridgehead atoms. The van der Waals surface area contributed by atoms with Gasteiger partial charge in [0.25, 0.3) is 0 Å². The highest BCUT2D eigenvalue weighted by molar-refractivity contribution is 5.94. The number of phenols is 2. The van der Waals surface area contributed by atoms with Gasteiger partial charge in [-0.25, -0.2) is 0 Å². The largest absolute Gasteiger partial charge is 0.504 e. The minimum absolute atomic E-state index is 0.175. The summed E-state index contributed by atoms with van der Waals surface area (Å²) in [5.41, 5.74) is 1.32. The van der Waals surface area contributed by atoms with Crippen molar-refractivity contribution in [1.82, 2.24) is 0 Å². The quantitative estimate of drug-likeness (QED) is 0.708. The summed E-state index contributed by atoms with van der Waals surface area (Å²) >= 11 is 0. The molecule has 2 rings (SSSR count). The Hall–Kier alpha value is -2.89. The van der Waals surface area contributed by atoms with E-state index in [1.54, 1.807) is 38.3 Å². The van der Waals surface area contributed by atoms with Crippen molar-refractivity contribution < 1.29 is 24.5 Å². The van der Waals surface area contributed by atoms with Crippen molar-refractivity contribution in [2.75, 3.05) is 19.5 Å². The standard InChI is InChI=1S/C18H21NO5/c1-11(8-12-4-7-15(20)16(21)9-12)18(22)19-14-6-5-13(23-2)10-17(14)24-3/h4-7,9-11,20-21H,8H2,1-3H3,(H,19,22). The molecule has 0 spiro atoms. The number of hydrogen-bond donors (Lipinski definition) is 3. The van der Waals surface area contributed by atoms with Gasteiger partial charge in [0.15, 0.2) is 11.5 Å². The molecule has 128 valence electrons. The molecule has 1 amide bonds. The van der Waals surface area contributed by atoms with Gasteiger partial charge in [-0.1, -0.05) is 13.0 Å². The number of benzene rings is 2. The zero-order valence-corrected chi connectivity index (χ0v) is 13.9. The molecule has 0 radical (unpaired) electrons. The molecule has 3 N–H and O–H groups in total. The van der Waals surface area contributed by atoms with E-state index in [0.29, 0.717) is 23.6 Å². The molecule has 0 aromatic heterocycles. The fourth-order valence-corrected chi connectivity index (χ4v) is 2.30. The first kappa shape index (κ1) is 17.5. The Morgan fingerprint density at radius 3 is 2.46 bits per heavy atom. The average molecular weight is 331 g/mol. The second-order valence-electron chi connectivity index (χ2n) is 5.48. The molecular weight excluding hydrogens is 310 g/mol. The lowest BCUT2D eigenvalue weighted by molar-refractivity contribution is -0.119. The van der Waals surface area contributed by atoms with Crippen LogP contribution in [0.3, 0.4) is 0 Å². The van der Waals surface area contributed by atoms with E-state index in [9.17, 15) is 15.0 Å². The number of ether oxygens (including phenoxy) is 2. The third-order valence-corrected chi connectivity index (χ3v) is 3.70. The third kappa shape index (κ3) is 4.10. The van der Waals surface area contributed by atoms with Gasteiger partial charge in [-0.2, -0.15) is 0 Å². The van der Waals surface area contributed by atoms with Gasteiger partial charge in [-0.15, -0.1) is 0 Å². The molecule has 2 aromatic rings. The first-order valence-electron chi connectivity index (χ1n) is 7.48. The van der Waals surface area contributed by atoms with Crippen LogP contribution in [0.4, 0.5) is 5.69 Å². The van der Waals surface area contributed by atoms with E-state index in [0.717, 1.165) is 5.56 Å². The van der Waals surface area contributed by atoms with E-state index >= 15 is 0 Å². The van der Waals surface area contributed by atoms with Crippen molar-refractivity contribution >= 4 is 11.6 Å². The first-order chi connectivity index (χ1) is 11.4. The first-order valence-corrected chi connectivity index (χ1v) is 7.48. The molecule has 2 aromatic carbocycles. The lowest BCUT2D eigenvalue weighted by atomic mass is 10.00. The topological polar surface area (TPSA) is 88.0 Å². The fourth-order valence-electron chi connectivity index (χ4n) is 2.30. The van der Waals surface area contributed by atoms with Crippen molar-refractivity contribution in [2.45, 2.75) is 13.3 Å². The van der Waals surface area contributed by atoms with E-state index in [4.69, 9.17) is 9.47 Å². The van der Waals surface area contributed by atoms with E-state index in [1.807, 2.05) is 0 Å². The molecule has 6 heteroatoms. The molecule has 0 saturated carbocycles. The Labute approximate surface area is 140 Å². The van der Waals surface area contributed by atoms with Crippen LogP contribution in [0.2, 0.25) is 0 Å². The Balaban J connectivity index is 2.07. The van der Waals surface area contributed by atoms with Crippen LogP contribution in [-0.4, -0.2) is 30.3 Å². The smallest absolute Gasteiger partial charge is 0.227 e. The summed E-state index contributed by atoms with van der Waals surface area (Å²) in [5, 5.41) is 21.7. The van der Waals surface area contributed by atoms with Gasteiger partial charge >= 0.3 is 0 Å². The summed E-state index contributed by atoms with van der Waals surface area (Å²) in [6.07, 6.45) is 0.429. The third-order valence-electron chi connectivity index (χ3n) is 3.70. The summed E-state index contributed by atoms with van der Waals surface area (Å²) in [6, 6.07) is 9.68. The number of hydrogen-bond acceptors (Lipinski definition) is 5. The Morgan fingerprint density at radius 1 is 1.08 bits per heavy atom. The number of phenolic OH excluding ortho intramolecular Hbond substituents is 2. The molecule has 0 aliphatic heterocycles. The van der Waals surface area contributed by atoms with Crippen LogP contribution in [-0.2, 0) is 11.2 Å². The Bertz CT molecular complexity index is 729. The predicted octanol–water partition coefficient (Wildman–Crippen LogP) is 2.93. The van der Waals surface area contributed by atoms with Gasteiger partial charge in [0, 0.05) is 12.0 Å². The minimum atomic E-state index is -0.333. The molecule has 0 fully saturated rings. The van der Waals surface area contributed by atoms with Gasteiger partial charge in [0.05, 0.1) is 19.9 Å². The molecular formula is C18H21NO5. The van der Waals surface area contributed by atoms with Crippen LogP contribution in [0, 0.1) is 5.92 Å². The van der Waals surface area contributed by atoms with E-state index in [1.165, 1.54) is 19.2 Å². The summed E-state index contributed by atoms with van der Waals surface area (Å²) in [7, 11) is 3.08. The van der Waals surface area contributed by atoms with Gasteiger partial charge in [0.2, 0.25) is 5.91 Å². The van der Waals surface area contributed by atoms with E-state index in [-0.39, 0.29) is 23.3 Å². The molecule has 0 saturated heterocycles. The lowest BCUT2D eigenvalue weighted by Gasteiger charge is -2.15. The van der Waals surface area contributed by atoms with Gasteiger partial charge in [0.1, 0.15) is 11.5 Å². The van der Waals surface area contributed by atoms with Crippen LogP contribution in [0.1, 0.15) is 12.5 Å². The average Bonchev–Trinajstić information content (AvgIpc) is 2.58. The van der Waals surface area contributed by atoms with Crippen LogP contribution in [0.15, 0.2) is 36.4 Å². The normalized spacial score (nSPS) is 11.6. The lowest BCUT2D eigenvalue weighted by Crippen LogP contribution is -2.22. The van der Waals surface area contributed by atoms with Crippen molar-refractivity contribution in [3.63, 3.8) is 0 Å². The maximum Gasteiger partial charge on any atom is 0.227 e. The summed E-state index contributed by atoms with van der Waals surface area (Å²) < 4.78 is 10.4. The maximum absolute atomic E-state index is 12.4. The number of amides is 1. The monoisotopic (exact) mass is 331 g/mol. The number of carbonyl (C=O) groups excluding carboxylic acids is 1. The second-order valence-corrected chi connectivity index (χ2v) is 5.48. The molecule has 24 heavy (non-hydrogen) atoms. The highest BCUT2D eigenvalue weighted by Gasteiger charge is 2.16. The number of methoxy groups -OCH3 is 2. The van der Waals surface area contributed by atoms with Crippen LogP contribution >= 0.6 is 0 Å². The number of nitrogens with one attached hydrogen (secondary N) is 1. The highest BCUT2D eigenvalue weighted by Crippen LogP contribution is 2.30. The Kier molecular flexibility index (Phi) is 5.52. The van der Waals surface area contributed by atoms with Crippen molar-refractivity contribution in [2.24, 2.45) is 5.92 Å². The predicted molar refractivity (Wildman–Crippen MR) is 90.8 cm³/mol. The molecule has 6 nitrogen and oxygen atoms in total. The van der Waals surface area contributed by atoms with Gasteiger partial charge in [-0.05, 0) is 36.2 Å². The number of anilines is 1. The molecule has 1 unspecified atom stereocenters. The zero-order chi connectivity index (χ0) is 17.7. The van der Waals surface area contributed by atoms with Crippen molar-refractivity contribution in [3.8, 4) is 23.0 Å². The molecule has 1 atom stereocenters. The second kappa shape index (κ2) is 7.59. The van der Waals surface area contributed by atoms with Crippen LogP contribution in [0.5, 0.6) is 23.0 Å². The van der Waals surface area contributed by atoms with E-state index < -0.39 is 0 Å². The molecule has 0 aliphatic carbocycles. The van der Waals surface area contributed by atoms with Crippen LogP contribution in [0.25, 0.3) is 0 Å². The van der Waals surface area contributed by atoms with Gasteiger partial charge in [-0.3, -0.25) is 4.79 Å². The van der Waals surface area contributed by atoms with Crippen LogP contribution < -0.4 is 14.8 Å². The highest BCUT2D eigenvalue weighted by atomic mass is 16.5. The summed E-state index contributed by atoms with van der Waals surface area (Å²) in [4.78, 5) is 12.4. The SMILES string of the molecule is COc1ccc(NC(=O)C(C)Cc2ccc(O)c(O)c2)c(OC)c1. The fraction of sp³-hybridized carbons (Fsp3) is 0.278. The van der Waals surface area contributed by atoms with Crippen molar-refractivity contribution in [3.05, 3.63) is 42.0 Å². The minimum Gasteiger partial charge on any atom is -0.504 e.